The van der Waals surface area contributed by atoms with Crippen molar-refractivity contribution in [1.82, 2.24) is 14.9 Å². The highest BCUT2D eigenvalue weighted by Gasteiger charge is 2.41. The lowest BCUT2D eigenvalue weighted by Crippen LogP contribution is -2.37. The minimum absolute atomic E-state index is 0.264. The van der Waals surface area contributed by atoms with Crippen molar-refractivity contribution in [3.8, 4) is 12.3 Å². The number of halogens is 3. The Labute approximate surface area is 206 Å². The second kappa shape index (κ2) is 9.69. The molecule has 2 N–H and O–H groups in total. The van der Waals surface area contributed by atoms with E-state index >= 15 is 0 Å². The number of hydrogen-bond acceptors (Lipinski definition) is 3. The lowest BCUT2D eigenvalue weighted by atomic mass is 9.80. The zero-order valence-corrected chi connectivity index (χ0v) is 19.7. The van der Waals surface area contributed by atoms with Crippen molar-refractivity contribution in [2.45, 2.75) is 51.4 Å². The smallest absolute Gasteiger partial charge is 0.416 e. The summed E-state index contributed by atoms with van der Waals surface area (Å²) in [6.45, 7) is 2.10. The van der Waals surface area contributed by atoms with Crippen molar-refractivity contribution in [3.05, 3.63) is 65.5 Å². The van der Waals surface area contributed by atoms with Crippen LogP contribution in [-0.4, -0.2) is 32.6 Å². The number of carbonyl (C=O) groups is 2. The van der Waals surface area contributed by atoms with Gasteiger partial charge in [0.25, 0.3) is 5.91 Å². The van der Waals surface area contributed by atoms with Crippen molar-refractivity contribution in [1.29, 1.82) is 0 Å². The number of carbonyl (C=O) groups excluding carboxylic acids is 1. The van der Waals surface area contributed by atoms with Crippen LogP contribution in [0.5, 0.6) is 0 Å². The van der Waals surface area contributed by atoms with Crippen LogP contribution in [0.15, 0.2) is 48.8 Å². The molecule has 188 valence electrons. The van der Waals surface area contributed by atoms with Crippen molar-refractivity contribution >= 4 is 22.9 Å². The van der Waals surface area contributed by atoms with Crippen LogP contribution >= 0.6 is 0 Å². The molecular formula is C27H26F3N3O3. The van der Waals surface area contributed by atoms with Gasteiger partial charge in [0.2, 0.25) is 0 Å². The highest BCUT2D eigenvalue weighted by Crippen LogP contribution is 2.44. The summed E-state index contributed by atoms with van der Waals surface area (Å²) in [5, 5.41) is 12.3. The molecule has 1 aliphatic rings. The number of aromatic nitrogens is 2. The Morgan fingerprint density at radius 2 is 2.00 bits per heavy atom. The molecule has 1 saturated carbocycles. The van der Waals surface area contributed by atoms with E-state index in [2.05, 4.69) is 16.2 Å². The fraction of sp³-hybridized carbons (Fsp3) is 0.370. The minimum atomic E-state index is -4.41. The molecule has 6 nitrogen and oxygen atoms in total. The van der Waals surface area contributed by atoms with Crippen LogP contribution in [-0.2, 0) is 17.5 Å². The Morgan fingerprint density at radius 1 is 1.28 bits per heavy atom. The number of nitrogens with zero attached hydrogens (tertiary/aromatic N) is 2. The molecule has 0 radical (unpaired) electrons. The number of benzene rings is 1. The maximum absolute atomic E-state index is 13.2. The van der Waals surface area contributed by atoms with Crippen molar-refractivity contribution < 1.29 is 27.9 Å². The number of carboxylic acids is 1. The predicted octanol–water partition coefficient (Wildman–Crippen LogP) is 5.12. The summed E-state index contributed by atoms with van der Waals surface area (Å²) in [7, 11) is 0. The number of rotatable bonds is 7. The summed E-state index contributed by atoms with van der Waals surface area (Å²) in [6.07, 6.45) is 6.60. The van der Waals surface area contributed by atoms with E-state index in [1.165, 1.54) is 18.3 Å². The second-order valence-corrected chi connectivity index (χ2v) is 9.51. The van der Waals surface area contributed by atoms with Gasteiger partial charge < -0.3 is 15.0 Å². The van der Waals surface area contributed by atoms with Crippen molar-refractivity contribution in [2.24, 2.45) is 11.3 Å². The molecule has 36 heavy (non-hydrogen) atoms. The second-order valence-electron chi connectivity index (χ2n) is 9.51. The van der Waals surface area contributed by atoms with Gasteiger partial charge in [-0.15, -0.1) is 6.42 Å². The van der Waals surface area contributed by atoms with E-state index in [1.807, 2.05) is 6.92 Å². The van der Waals surface area contributed by atoms with E-state index < -0.39 is 29.0 Å². The first-order valence-corrected chi connectivity index (χ1v) is 11.6. The van der Waals surface area contributed by atoms with E-state index in [-0.39, 0.29) is 18.5 Å². The normalized spacial score (nSPS) is 20.7. The number of amides is 1. The van der Waals surface area contributed by atoms with Crippen LogP contribution in [0.4, 0.5) is 13.2 Å². The van der Waals surface area contributed by atoms with Gasteiger partial charge in [-0.1, -0.05) is 18.1 Å². The first-order chi connectivity index (χ1) is 17.0. The largest absolute Gasteiger partial charge is 0.481 e. The standard InChI is InChI=1S/C27H26F3N3O3/c1-3-26(11-8-19(15-26)25(35)36)14-17(2)32-24(34)21-9-12-31-22-10-13-33(23(21)22)16-18-4-6-20(7-5-18)27(28,29)30/h1,4-7,9-10,12-13,17,19H,8,11,14-16H2,2H3,(H,32,34)(H,35,36)/t17?,19-,26?/m0/s1. The molecule has 1 fully saturated rings. The quantitative estimate of drug-likeness (QED) is 0.444. The van der Waals surface area contributed by atoms with Gasteiger partial charge in [0, 0.05) is 30.4 Å². The fourth-order valence-electron chi connectivity index (χ4n) is 5.09. The van der Waals surface area contributed by atoms with Gasteiger partial charge >= 0.3 is 12.1 Å². The third-order valence-electron chi connectivity index (χ3n) is 6.87. The summed E-state index contributed by atoms with van der Waals surface area (Å²) < 4.78 is 40.4. The number of carboxylic acid groups (broad SMARTS) is 1. The molecule has 1 amide bonds. The van der Waals surface area contributed by atoms with Crippen LogP contribution in [0, 0.1) is 23.7 Å². The maximum atomic E-state index is 13.2. The minimum Gasteiger partial charge on any atom is -0.481 e. The summed E-state index contributed by atoms with van der Waals surface area (Å²) in [5.41, 5.74) is 0.887. The molecule has 0 saturated heterocycles. The van der Waals surface area contributed by atoms with E-state index in [0.29, 0.717) is 47.8 Å². The molecule has 2 aromatic heterocycles. The molecule has 1 aliphatic carbocycles. The van der Waals surface area contributed by atoms with Crippen LogP contribution in [0.3, 0.4) is 0 Å². The maximum Gasteiger partial charge on any atom is 0.416 e. The van der Waals surface area contributed by atoms with E-state index in [4.69, 9.17) is 6.42 Å². The summed E-state index contributed by atoms with van der Waals surface area (Å²) in [4.78, 5) is 28.9. The average Bonchev–Trinajstić information content (AvgIpc) is 3.44. The Morgan fingerprint density at radius 3 is 2.61 bits per heavy atom. The van der Waals surface area contributed by atoms with Crippen molar-refractivity contribution in [2.75, 3.05) is 0 Å². The van der Waals surface area contributed by atoms with Gasteiger partial charge in [-0.2, -0.15) is 13.2 Å². The topological polar surface area (TPSA) is 84.2 Å². The zero-order chi connectivity index (χ0) is 26.1. The number of nitrogens with one attached hydrogen (secondary N) is 1. The Balaban J connectivity index is 1.52. The number of hydrogen-bond donors (Lipinski definition) is 2. The van der Waals surface area contributed by atoms with Gasteiger partial charge in [0.15, 0.2) is 0 Å². The van der Waals surface area contributed by atoms with Gasteiger partial charge in [-0.3, -0.25) is 14.6 Å². The predicted molar refractivity (Wildman–Crippen MR) is 128 cm³/mol. The number of aliphatic carboxylic acids is 1. The lowest BCUT2D eigenvalue weighted by molar-refractivity contribution is -0.141. The molecule has 4 rings (SSSR count). The summed E-state index contributed by atoms with van der Waals surface area (Å²) >= 11 is 0. The van der Waals surface area contributed by atoms with Crippen LogP contribution < -0.4 is 5.32 Å². The molecule has 3 aromatic rings. The third-order valence-corrected chi connectivity index (χ3v) is 6.87. The monoisotopic (exact) mass is 497 g/mol. The number of alkyl halides is 3. The molecule has 9 heteroatoms. The zero-order valence-electron chi connectivity index (χ0n) is 19.7. The third kappa shape index (κ3) is 5.23. The lowest BCUT2D eigenvalue weighted by Gasteiger charge is -2.27. The molecule has 0 bridgehead atoms. The first kappa shape index (κ1) is 25.3. The highest BCUT2D eigenvalue weighted by molar-refractivity contribution is 6.05. The molecule has 3 atom stereocenters. The van der Waals surface area contributed by atoms with E-state index in [1.54, 1.807) is 22.9 Å². The van der Waals surface area contributed by atoms with Crippen LogP contribution in [0.1, 0.15) is 54.1 Å². The average molecular weight is 498 g/mol. The van der Waals surface area contributed by atoms with E-state index in [0.717, 1.165) is 12.1 Å². The van der Waals surface area contributed by atoms with Crippen LogP contribution in [0.25, 0.3) is 11.0 Å². The number of fused-ring (bicyclic) bond motifs is 1. The molecule has 0 spiro atoms. The SMILES string of the molecule is C#CC1(CC(C)NC(=O)c2ccnc3ccn(Cc4ccc(C(F)(F)F)cc4)c23)CC[C@H](C(=O)O)C1. The summed E-state index contributed by atoms with van der Waals surface area (Å²) in [5.74, 6) is 1.13. The molecule has 2 unspecified atom stereocenters. The Bertz CT molecular complexity index is 1320. The molecule has 1 aromatic carbocycles. The Kier molecular flexibility index (Phi) is 6.81. The highest BCUT2D eigenvalue weighted by atomic mass is 19.4. The molecule has 2 heterocycles. The number of terminal acetylenes is 1. The first-order valence-electron chi connectivity index (χ1n) is 11.6. The van der Waals surface area contributed by atoms with Gasteiger partial charge in [-0.05, 0) is 62.4 Å². The van der Waals surface area contributed by atoms with Crippen molar-refractivity contribution in [3.63, 3.8) is 0 Å². The molecule has 0 aliphatic heterocycles. The summed E-state index contributed by atoms with van der Waals surface area (Å²) in [6, 6.07) is 7.94. The fourth-order valence-corrected chi connectivity index (χ4v) is 5.09. The van der Waals surface area contributed by atoms with Gasteiger partial charge in [-0.25, -0.2) is 0 Å². The van der Waals surface area contributed by atoms with E-state index in [9.17, 15) is 27.9 Å². The number of pyridine rings is 1. The van der Waals surface area contributed by atoms with Gasteiger partial charge in [0.1, 0.15) is 0 Å². The Hall–Kier alpha value is -3.80. The van der Waals surface area contributed by atoms with Gasteiger partial charge in [0.05, 0.1) is 28.1 Å². The van der Waals surface area contributed by atoms with Crippen LogP contribution in [0.2, 0.25) is 0 Å². The molecular weight excluding hydrogens is 471 g/mol.